The average Bonchev–Trinajstić information content (AvgIpc) is 2.63. The van der Waals surface area contributed by atoms with Crippen LogP contribution in [0.25, 0.3) is 0 Å². The van der Waals surface area contributed by atoms with Crippen LogP contribution in [0.4, 0.5) is 5.69 Å². The molecular weight excluding hydrogens is 377 g/mol. The van der Waals surface area contributed by atoms with E-state index in [1.807, 2.05) is 36.5 Å². The summed E-state index contributed by atoms with van der Waals surface area (Å²) >= 11 is 1.76. The molecule has 1 unspecified atom stereocenters. The SMILES string of the molecule is Cl.Cl.O=C(Nc1ccc(SCc2cccnc2)cc1)C1CCCCN1. The molecular formula is C18H23Cl2N3OS. The molecule has 0 spiro atoms. The number of anilines is 1. The largest absolute Gasteiger partial charge is 0.325 e. The number of thioether (sulfide) groups is 1. The van der Waals surface area contributed by atoms with Gasteiger partial charge in [-0.3, -0.25) is 9.78 Å². The Bertz CT molecular complexity index is 635. The number of hydrogen-bond acceptors (Lipinski definition) is 4. The number of aromatic nitrogens is 1. The van der Waals surface area contributed by atoms with E-state index in [9.17, 15) is 4.79 Å². The molecule has 1 aromatic carbocycles. The van der Waals surface area contributed by atoms with Gasteiger partial charge in [-0.2, -0.15) is 0 Å². The Morgan fingerprint density at radius 3 is 2.64 bits per heavy atom. The van der Waals surface area contributed by atoms with E-state index in [0.717, 1.165) is 37.2 Å². The summed E-state index contributed by atoms with van der Waals surface area (Å²) in [4.78, 5) is 17.5. The van der Waals surface area contributed by atoms with Crippen LogP contribution in [-0.4, -0.2) is 23.5 Å². The Kier molecular flexibility index (Phi) is 9.90. The molecule has 0 radical (unpaired) electrons. The topological polar surface area (TPSA) is 54.0 Å². The predicted molar refractivity (Wildman–Crippen MR) is 109 cm³/mol. The highest BCUT2D eigenvalue weighted by atomic mass is 35.5. The van der Waals surface area contributed by atoms with Gasteiger partial charge in [-0.1, -0.05) is 12.5 Å². The van der Waals surface area contributed by atoms with Gasteiger partial charge in [0.1, 0.15) is 0 Å². The van der Waals surface area contributed by atoms with Crippen LogP contribution in [0.5, 0.6) is 0 Å². The number of nitrogens with one attached hydrogen (secondary N) is 2. The van der Waals surface area contributed by atoms with Crippen molar-refractivity contribution in [2.45, 2.75) is 36.0 Å². The molecule has 1 fully saturated rings. The number of pyridine rings is 1. The number of piperidine rings is 1. The highest BCUT2D eigenvalue weighted by molar-refractivity contribution is 7.98. The third-order valence-electron chi connectivity index (χ3n) is 3.88. The van der Waals surface area contributed by atoms with Gasteiger partial charge >= 0.3 is 0 Å². The van der Waals surface area contributed by atoms with Gasteiger partial charge in [0.2, 0.25) is 5.91 Å². The highest BCUT2D eigenvalue weighted by Crippen LogP contribution is 2.24. The van der Waals surface area contributed by atoms with E-state index in [0.29, 0.717) is 0 Å². The first-order valence-corrected chi connectivity index (χ1v) is 8.96. The smallest absolute Gasteiger partial charge is 0.241 e. The predicted octanol–water partition coefficient (Wildman–Crippen LogP) is 4.30. The third kappa shape index (κ3) is 6.86. The van der Waals surface area contributed by atoms with Gasteiger partial charge < -0.3 is 10.6 Å². The van der Waals surface area contributed by atoms with Gasteiger partial charge in [0, 0.05) is 28.7 Å². The molecule has 1 saturated heterocycles. The van der Waals surface area contributed by atoms with E-state index < -0.39 is 0 Å². The van der Waals surface area contributed by atoms with E-state index in [1.54, 1.807) is 18.0 Å². The third-order valence-corrected chi connectivity index (χ3v) is 4.96. The molecule has 1 aromatic heterocycles. The molecule has 0 bridgehead atoms. The van der Waals surface area contributed by atoms with Crippen molar-refractivity contribution >= 4 is 48.2 Å². The maximum Gasteiger partial charge on any atom is 0.241 e. The van der Waals surface area contributed by atoms with Crippen LogP contribution in [0.1, 0.15) is 24.8 Å². The summed E-state index contributed by atoms with van der Waals surface area (Å²) in [5.41, 5.74) is 2.06. The number of nitrogens with zero attached hydrogens (tertiary/aromatic N) is 1. The summed E-state index contributed by atoms with van der Waals surface area (Å²) in [6.45, 7) is 0.933. The lowest BCUT2D eigenvalue weighted by Crippen LogP contribution is -2.43. The summed E-state index contributed by atoms with van der Waals surface area (Å²) in [6.07, 6.45) is 6.87. The van der Waals surface area contributed by atoms with Crippen molar-refractivity contribution in [1.82, 2.24) is 10.3 Å². The molecule has 0 saturated carbocycles. The highest BCUT2D eigenvalue weighted by Gasteiger charge is 2.20. The maximum atomic E-state index is 12.2. The molecule has 0 aliphatic carbocycles. The van der Waals surface area contributed by atoms with Crippen molar-refractivity contribution in [2.24, 2.45) is 0 Å². The molecule has 4 nitrogen and oxygen atoms in total. The lowest BCUT2D eigenvalue weighted by molar-refractivity contribution is -0.118. The first-order chi connectivity index (χ1) is 11.3. The Balaban J connectivity index is 0.00000156. The molecule has 1 aliphatic heterocycles. The van der Waals surface area contributed by atoms with Gasteiger partial charge in [-0.25, -0.2) is 0 Å². The van der Waals surface area contributed by atoms with Crippen LogP contribution in [0.15, 0.2) is 53.7 Å². The first-order valence-electron chi connectivity index (χ1n) is 7.97. The van der Waals surface area contributed by atoms with Crippen molar-refractivity contribution in [3.8, 4) is 0 Å². The van der Waals surface area contributed by atoms with Crippen molar-refractivity contribution in [3.05, 3.63) is 54.4 Å². The van der Waals surface area contributed by atoms with Gasteiger partial charge in [0.25, 0.3) is 0 Å². The number of hydrogen-bond donors (Lipinski definition) is 2. The maximum absolute atomic E-state index is 12.2. The second-order valence-electron chi connectivity index (χ2n) is 5.67. The van der Waals surface area contributed by atoms with Crippen LogP contribution in [0.2, 0.25) is 0 Å². The molecule has 2 aromatic rings. The molecule has 1 aliphatic rings. The van der Waals surface area contributed by atoms with E-state index in [4.69, 9.17) is 0 Å². The minimum Gasteiger partial charge on any atom is -0.325 e. The monoisotopic (exact) mass is 399 g/mol. The summed E-state index contributed by atoms with van der Waals surface area (Å²) in [5, 5.41) is 6.26. The normalized spacial score (nSPS) is 16.2. The number of rotatable bonds is 5. The van der Waals surface area contributed by atoms with E-state index in [1.165, 1.54) is 10.5 Å². The van der Waals surface area contributed by atoms with Crippen molar-refractivity contribution in [1.29, 1.82) is 0 Å². The molecule has 136 valence electrons. The van der Waals surface area contributed by atoms with Gasteiger partial charge in [0.15, 0.2) is 0 Å². The van der Waals surface area contributed by atoms with E-state index >= 15 is 0 Å². The number of carbonyl (C=O) groups is 1. The number of carbonyl (C=O) groups excluding carboxylic acids is 1. The molecule has 2 heterocycles. The quantitative estimate of drug-likeness (QED) is 0.735. The van der Waals surface area contributed by atoms with Crippen LogP contribution < -0.4 is 10.6 Å². The zero-order chi connectivity index (χ0) is 15.9. The Morgan fingerprint density at radius 2 is 2.00 bits per heavy atom. The second-order valence-corrected chi connectivity index (χ2v) is 6.71. The molecule has 2 N–H and O–H groups in total. The van der Waals surface area contributed by atoms with Gasteiger partial charge in [0.05, 0.1) is 6.04 Å². The first kappa shape index (κ1) is 21.8. The summed E-state index contributed by atoms with van der Waals surface area (Å²) in [7, 11) is 0. The number of halogens is 2. The lowest BCUT2D eigenvalue weighted by Gasteiger charge is -2.22. The fraction of sp³-hybridized carbons (Fsp3) is 0.333. The van der Waals surface area contributed by atoms with Gasteiger partial charge in [-0.15, -0.1) is 36.6 Å². The zero-order valence-electron chi connectivity index (χ0n) is 13.8. The number of benzene rings is 1. The zero-order valence-corrected chi connectivity index (χ0v) is 16.3. The Morgan fingerprint density at radius 1 is 1.20 bits per heavy atom. The van der Waals surface area contributed by atoms with Gasteiger partial charge in [-0.05, 0) is 55.3 Å². The van der Waals surface area contributed by atoms with Crippen LogP contribution in [0, 0.1) is 0 Å². The average molecular weight is 400 g/mol. The molecule has 1 amide bonds. The lowest BCUT2D eigenvalue weighted by atomic mass is 10.0. The standard InChI is InChI=1S/C18H21N3OS.2ClH/c22-18(17-5-1-2-11-20-17)21-15-6-8-16(9-7-15)23-13-14-4-3-10-19-12-14;;/h3-4,6-10,12,17,20H,1-2,5,11,13H2,(H,21,22);2*1H. The fourth-order valence-corrected chi connectivity index (χ4v) is 3.42. The van der Waals surface area contributed by atoms with Crippen LogP contribution >= 0.6 is 36.6 Å². The second kappa shape index (κ2) is 11.4. The van der Waals surface area contributed by atoms with Crippen LogP contribution in [0.3, 0.4) is 0 Å². The summed E-state index contributed by atoms with van der Waals surface area (Å²) in [6, 6.07) is 12.0. The number of amides is 1. The molecule has 25 heavy (non-hydrogen) atoms. The van der Waals surface area contributed by atoms with E-state index in [2.05, 4.69) is 21.7 Å². The van der Waals surface area contributed by atoms with Crippen molar-refractivity contribution < 1.29 is 4.79 Å². The minimum atomic E-state index is -0.0524. The van der Waals surface area contributed by atoms with Crippen molar-refractivity contribution in [2.75, 3.05) is 11.9 Å². The fourth-order valence-electron chi connectivity index (χ4n) is 2.59. The molecule has 1 atom stereocenters. The summed E-state index contributed by atoms with van der Waals surface area (Å²) < 4.78 is 0. The summed E-state index contributed by atoms with van der Waals surface area (Å²) in [5.74, 6) is 0.964. The minimum absolute atomic E-state index is 0. The Hall–Kier alpha value is -1.27. The van der Waals surface area contributed by atoms with Crippen molar-refractivity contribution in [3.63, 3.8) is 0 Å². The van der Waals surface area contributed by atoms with E-state index in [-0.39, 0.29) is 36.8 Å². The Labute approximate surface area is 165 Å². The molecule has 7 heteroatoms. The molecule has 3 rings (SSSR count). The van der Waals surface area contributed by atoms with Crippen LogP contribution in [-0.2, 0) is 10.5 Å².